The van der Waals surface area contributed by atoms with E-state index in [1.807, 2.05) is 12.1 Å². The topological polar surface area (TPSA) is 82.3 Å². The van der Waals surface area contributed by atoms with Crippen LogP contribution in [0.1, 0.15) is 5.56 Å². The van der Waals surface area contributed by atoms with Crippen LogP contribution in [0, 0.1) is 6.92 Å². The maximum atomic E-state index is 12.6. The van der Waals surface area contributed by atoms with Gasteiger partial charge in [-0.1, -0.05) is 18.2 Å². The first-order valence-corrected chi connectivity index (χ1v) is 7.63. The van der Waals surface area contributed by atoms with Crippen LogP contribution in [0.25, 0.3) is 11.0 Å². The number of aromatic nitrogens is 2. The molecule has 21 heavy (non-hydrogen) atoms. The molecular formula is C14H12N2O4S. The first-order chi connectivity index (χ1) is 10.0. The van der Waals surface area contributed by atoms with Gasteiger partial charge in [-0.25, -0.2) is 8.42 Å². The molecule has 1 aromatic carbocycles. The van der Waals surface area contributed by atoms with Crippen molar-refractivity contribution in [3.8, 4) is 5.88 Å². The summed E-state index contributed by atoms with van der Waals surface area (Å²) < 4.78 is 35.5. The minimum Gasteiger partial charge on any atom is -0.480 e. The Bertz CT molecular complexity index is 898. The fourth-order valence-corrected chi connectivity index (χ4v) is 3.36. The van der Waals surface area contributed by atoms with Gasteiger partial charge in [-0.3, -0.25) is 0 Å². The van der Waals surface area contributed by atoms with Crippen molar-refractivity contribution >= 4 is 20.8 Å². The van der Waals surface area contributed by atoms with E-state index in [2.05, 4.69) is 10.2 Å². The molecule has 2 aromatic heterocycles. The number of aryl methyl sites for hydroxylation is 1. The number of furan rings is 1. The molecule has 0 atom stereocenters. The van der Waals surface area contributed by atoms with E-state index >= 15 is 0 Å². The second kappa shape index (κ2) is 4.85. The zero-order valence-electron chi connectivity index (χ0n) is 11.4. The van der Waals surface area contributed by atoms with E-state index in [0.29, 0.717) is 11.1 Å². The van der Waals surface area contributed by atoms with E-state index in [1.165, 1.54) is 19.2 Å². The molecule has 0 saturated heterocycles. The van der Waals surface area contributed by atoms with Crippen molar-refractivity contribution in [3.63, 3.8) is 0 Å². The molecular weight excluding hydrogens is 292 g/mol. The van der Waals surface area contributed by atoms with Gasteiger partial charge >= 0.3 is 0 Å². The van der Waals surface area contributed by atoms with Crippen molar-refractivity contribution in [2.75, 3.05) is 7.11 Å². The number of para-hydroxylation sites is 1. The predicted octanol–water partition coefficient (Wildman–Crippen LogP) is 2.37. The van der Waals surface area contributed by atoms with Crippen LogP contribution in [-0.4, -0.2) is 25.7 Å². The number of benzene rings is 1. The van der Waals surface area contributed by atoms with Gasteiger partial charge in [0.2, 0.25) is 11.0 Å². The first kappa shape index (κ1) is 13.6. The van der Waals surface area contributed by atoms with Gasteiger partial charge in [0.25, 0.3) is 9.84 Å². The zero-order valence-corrected chi connectivity index (χ0v) is 12.2. The van der Waals surface area contributed by atoms with Crippen molar-refractivity contribution in [2.45, 2.75) is 17.0 Å². The molecule has 3 rings (SSSR count). The summed E-state index contributed by atoms with van der Waals surface area (Å²) in [5, 5.41) is 7.84. The lowest BCUT2D eigenvalue weighted by molar-refractivity contribution is 0.389. The molecule has 6 nitrogen and oxygen atoms in total. The molecule has 0 aliphatic carbocycles. The maximum Gasteiger partial charge on any atom is 0.258 e. The van der Waals surface area contributed by atoms with Crippen molar-refractivity contribution in [2.24, 2.45) is 0 Å². The monoisotopic (exact) mass is 304 g/mol. The van der Waals surface area contributed by atoms with E-state index in [-0.39, 0.29) is 16.0 Å². The molecule has 0 unspecified atom stereocenters. The Morgan fingerprint density at radius 3 is 2.48 bits per heavy atom. The molecule has 7 heteroatoms. The van der Waals surface area contributed by atoms with Crippen LogP contribution in [0.5, 0.6) is 5.88 Å². The van der Waals surface area contributed by atoms with Crippen molar-refractivity contribution in [1.82, 2.24) is 10.2 Å². The van der Waals surface area contributed by atoms with Crippen LogP contribution >= 0.6 is 0 Å². The Balaban J connectivity index is 2.17. The Morgan fingerprint density at radius 2 is 1.86 bits per heavy atom. The van der Waals surface area contributed by atoms with Gasteiger partial charge in [0.1, 0.15) is 5.58 Å². The standard InChI is InChI=1S/C14H12N2O4S/c1-9-10-5-3-4-6-11(10)20-14(9)21(17,18)13-8-7-12(19-2)15-16-13/h3-8H,1-2H3. The van der Waals surface area contributed by atoms with Gasteiger partial charge in [0.05, 0.1) is 7.11 Å². The van der Waals surface area contributed by atoms with Crippen LogP contribution in [0.4, 0.5) is 0 Å². The molecule has 0 radical (unpaired) electrons. The third-order valence-electron chi connectivity index (χ3n) is 3.14. The number of fused-ring (bicyclic) bond motifs is 1. The predicted molar refractivity (Wildman–Crippen MR) is 75.0 cm³/mol. The third-order valence-corrected chi connectivity index (χ3v) is 4.79. The highest BCUT2D eigenvalue weighted by atomic mass is 32.2. The van der Waals surface area contributed by atoms with Crippen molar-refractivity contribution in [1.29, 1.82) is 0 Å². The summed E-state index contributed by atoms with van der Waals surface area (Å²) in [6, 6.07) is 9.93. The molecule has 0 saturated carbocycles. The normalized spacial score (nSPS) is 11.7. The molecule has 0 aliphatic heterocycles. The molecule has 0 spiro atoms. The average Bonchev–Trinajstić information content (AvgIpc) is 2.86. The summed E-state index contributed by atoms with van der Waals surface area (Å²) in [7, 11) is -2.42. The second-order valence-corrected chi connectivity index (χ2v) is 6.22. The fourth-order valence-electron chi connectivity index (χ4n) is 2.06. The largest absolute Gasteiger partial charge is 0.480 e. The molecule has 0 N–H and O–H groups in total. The van der Waals surface area contributed by atoms with Gasteiger partial charge in [-0.05, 0) is 19.1 Å². The van der Waals surface area contributed by atoms with Gasteiger partial charge in [0, 0.05) is 17.0 Å². The van der Waals surface area contributed by atoms with Crippen LogP contribution in [-0.2, 0) is 9.84 Å². The lowest BCUT2D eigenvalue weighted by Crippen LogP contribution is -2.06. The second-order valence-electron chi connectivity index (χ2n) is 4.43. The van der Waals surface area contributed by atoms with Crippen LogP contribution in [0.3, 0.4) is 0 Å². The highest BCUT2D eigenvalue weighted by molar-refractivity contribution is 7.91. The molecule has 0 bridgehead atoms. The van der Waals surface area contributed by atoms with E-state index in [0.717, 1.165) is 5.39 Å². The first-order valence-electron chi connectivity index (χ1n) is 6.15. The number of hydrogen-bond acceptors (Lipinski definition) is 6. The third kappa shape index (κ3) is 2.15. The van der Waals surface area contributed by atoms with E-state index in [9.17, 15) is 8.42 Å². The number of methoxy groups -OCH3 is 1. The Labute approximate surface area is 121 Å². The number of nitrogens with zero attached hydrogens (tertiary/aromatic N) is 2. The molecule has 108 valence electrons. The van der Waals surface area contributed by atoms with E-state index in [1.54, 1.807) is 19.1 Å². The van der Waals surface area contributed by atoms with Crippen LogP contribution in [0.15, 0.2) is 50.9 Å². The minimum absolute atomic E-state index is 0.108. The molecule has 3 aromatic rings. The summed E-state index contributed by atoms with van der Waals surface area (Å²) in [6.45, 7) is 1.70. The quantitative estimate of drug-likeness (QED) is 0.739. The number of sulfone groups is 1. The summed E-state index contributed by atoms with van der Waals surface area (Å²) in [5.74, 6) is 0.246. The van der Waals surface area contributed by atoms with Gasteiger partial charge in [-0.2, -0.15) is 0 Å². The maximum absolute atomic E-state index is 12.6. The summed E-state index contributed by atoms with van der Waals surface area (Å²) in [4.78, 5) is 0. The number of hydrogen-bond donors (Lipinski definition) is 0. The minimum atomic E-state index is -3.85. The zero-order chi connectivity index (χ0) is 15.0. The van der Waals surface area contributed by atoms with Crippen molar-refractivity contribution < 1.29 is 17.6 Å². The highest BCUT2D eigenvalue weighted by Gasteiger charge is 2.27. The summed E-state index contributed by atoms with van der Waals surface area (Å²) >= 11 is 0. The van der Waals surface area contributed by atoms with Crippen LogP contribution in [0.2, 0.25) is 0 Å². The van der Waals surface area contributed by atoms with E-state index < -0.39 is 9.84 Å². The smallest absolute Gasteiger partial charge is 0.258 e. The van der Waals surface area contributed by atoms with Gasteiger partial charge in [0.15, 0.2) is 5.03 Å². The molecule has 0 fully saturated rings. The van der Waals surface area contributed by atoms with Gasteiger partial charge in [-0.15, -0.1) is 10.2 Å². The fraction of sp³-hybridized carbons (Fsp3) is 0.143. The summed E-state index contributed by atoms with van der Waals surface area (Å²) in [5.41, 5.74) is 1.08. The summed E-state index contributed by atoms with van der Waals surface area (Å²) in [6.07, 6.45) is 0. The van der Waals surface area contributed by atoms with Crippen LogP contribution < -0.4 is 4.74 Å². The molecule has 0 aliphatic rings. The number of ether oxygens (including phenoxy) is 1. The SMILES string of the molecule is COc1ccc(S(=O)(=O)c2oc3ccccc3c2C)nn1. The molecule has 2 heterocycles. The number of rotatable bonds is 3. The van der Waals surface area contributed by atoms with E-state index in [4.69, 9.17) is 9.15 Å². The highest BCUT2D eigenvalue weighted by Crippen LogP contribution is 2.31. The average molecular weight is 304 g/mol. The molecule has 0 amide bonds. The Hall–Kier alpha value is -2.41. The Morgan fingerprint density at radius 1 is 1.10 bits per heavy atom. The lowest BCUT2D eigenvalue weighted by atomic mass is 10.2. The van der Waals surface area contributed by atoms with Crippen molar-refractivity contribution in [3.05, 3.63) is 42.0 Å². The lowest BCUT2D eigenvalue weighted by Gasteiger charge is -2.02. The Kier molecular flexibility index (Phi) is 3.13. The van der Waals surface area contributed by atoms with Gasteiger partial charge < -0.3 is 9.15 Å².